The van der Waals surface area contributed by atoms with E-state index >= 15 is 0 Å². The van der Waals surface area contributed by atoms with Gasteiger partial charge in [0.2, 0.25) is 0 Å². The van der Waals surface area contributed by atoms with E-state index in [1.807, 2.05) is 41.7 Å². The van der Waals surface area contributed by atoms with Crippen LogP contribution in [0.25, 0.3) is 22.0 Å². The summed E-state index contributed by atoms with van der Waals surface area (Å²) in [7, 11) is 3.37. The molecule has 7 heteroatoms. The molecule has 0 amide bonds. The third kappa shape index (κ3) is 5.67. The lowest BCUT2D eigenvalue weighted by molar-refractivity contribution is 0.158. The quantitative estimate of drug-likeness (QED) is 0.209. The van der Waals surface area contributed by atoms with Gasteiger partial charge in [-0.1, -0.05) is 36.4 Å². The Hall–Kier alpha value is -3.94. The van der Waals surface area contributed by atoms with E-state index in [1.165, 1.54) is 10.4 Å². The summed E-state index contributed by atoms with van der Waals surface area (Å²) in [6.07, 6.45) is 3.12. The molecule has 6 rings (SSSR count). The first-order valence-electron chi connectivity index (χ1n) is 13.8. The Labute approximate surface area is 239 Å². The average molecular weight is 551 g/mol. The minimum Gasteiger partial charge on any atom is -0.497 e. The molecule has 40 heavy (non-hydrogen) atoms. The van der Waals surface area contributed by atoms with Crippen LogP contribution in [-0.2, 0) is 6.42 Å². The highest BCUT2D eigenvalue weighted by atomic mass is 32.1. The van der Waals surface area contributed by atoms with Gasteiger partial charge < -0.3 is 14.8 Å². The van der Waals surface area contributed by atoms with Crippen molar-refractivity contribution in [2.75, 3.05) is 32.6 Å². The van der Waals surface area contributed by atoms with Crippen LogP contribution in [0.15, 0.2) is 90.3 Å². The highest BCUT2D eigenvalue weighted by Crippen LogP contribution is 2.35. The van der Waals surface area contributed by atoms with Crippen molar-refractivity contribution in [2.24, 2.45) is 0 Å². The topological polar surface area (TPSA) is 59.5 Å². The maximum absolute atomic E-state index is 5.57. The van der Waals surface area contributed by atoms with Crippen LogP contribution >= 0.6 is 11.3 Å². The molecule has 1 fully saturated rings. The number of fused-ring (bicyclic) bond motifs is 1. The lowest BCUT2D eigenvalue weighted by atomic mass is 9.98. The van der Waals surface area contributed by atoms with Gasteiger partial charge in [0.25, 0.3) is 0 Å². The van der Waals surface area contributed by atoms with Crippen LogP contribution in [0.2, 0.25) is 0 Å². The van der Waals surface area contributed by atoms with E-state index in [2.05, 4.69) is 80.4 Å². The van der Waals surface area contributed by atoms with Gasteiger partial charge in [-0.2, -0.15) is 0 Å². The van der Waals surface area contributed by atoms with E-state index < -0.39 is 0 Å². The standard InChI is InChI=1S/C33H34N4O2S/c1-38-26-12-10-24(11-13-26)32-28-15-14-27(39-2)22-29(28)33(36-35-32)34-25-16-18-37(19-17-25)30(31-9-6-20-40-31)21-23-7-4-3-5-8-23/h3-15,20,22,25,30H,16-19,21H2,1-2H3,(H,34,36). The summed E-state index contributed by atoms with van der Waals surface area (Å²) in [5.41, 5.74) is 3.23. The average Bonchev–Trinajstić information content (AvgIpc) is 3.56. The molecule has 6 nitrogen and oxygen atoms in total. The summed E-state index contributed by atoms with van der Waals surface area (Å²) in [5, 5.41) is 17.4. The Kier molecular flexibility index (Phi) is 7.93. The van der Waals surface area contributed by atoms with Gasteiger partial charge in [0, 0.05) is 46.4 Å². The van der Waals surface area contributed by atoms with Gasteiger partial charge in [0.1, 0.15) is 17.2 Å². The molecular weight excluding hydrogens is 516 g/mol. The molecule has 1 aliphatic rings. The number of anilines is 1. The molecule has 3 heterocycles. The Balaban J connectivity index is 1.21. The van der Waals surface area contributed by atoms with Gasteiger partial charge in [-0.3, -0.25) is 4.90 Å². The van der Waals surface area contributed by atoms with Crippen molar-refractivity contribution in [1.82, 2.24) is 15.1 Å². The lowest BCUT2D eigenvalue weighted by Gasteiger charge is -2.38. The number of nitrogens with zero attached hydrogens (tertiary/aromatic N) is 3. The molecule has 0 spiro atoms. The lowest BCUT2D eigenvalue weighted by Crippen LogP contribution is -2.41. The fourth-order valence-electron chi connectivity index (χ4n) is 5.61. The fourth-order valence-corrected chi connectivity index (χ4v) is 6.47. The van der Waals surface area contributed by atoms with E-state index in [9.17, 15) is 0 Å². The van der Waals surface area contributed by atoms with Gasteiger partial charge >= 0.3 is 0 Å². The van der Waals surface area contributed by atoms with Crippen molar-refractivity contribution < 1.29 is 9.47 Å². The molecule has 5 aromatic rings. The summed E-state index contributed by atoms with van der Waals surface area (Å²) in [6, 6.07) is 30.1. The van der Waals surface area contributed by atoms with E-state index in [-0.39, 0.29) is 0 Å². The number of thiophene rings is 1. The van der Waals surface area contributed by atoms with Gasteiger partial charge in [-0.05, 0) is 78.7 Å². The molecule has 0 aliphatic carbocycles. The Morgan fingerprint density at radius 3 is 2.30 bits per heavy atom. The third-order valence-electron chi connectivity index (χ3n) is 7.81. The molecule has 0 saturated carbocycles. The van der Waals surface area contributed by atoms with E-state index in [0.717, 1.165) is 71.7 Å². The monoisotopic (exact) mass is 550 g/mol. The Bertz CT molecular complexity index is 1530. The molecule has 1 aliphatic heterocycles. The number of rotatable bonds is 9. The van der Waals surface area contributed by atoms with Crippen LogP contribution in [0.1, 0.15) is 29.3 Å². The summed E-state index contributed by atoms with van der Waals surface area (Å²) in [6.45, 7) is 2.07. The van der Waals surface area contributed by atoms with Gasteiger partial charge in [0.15, 0.2) is 5.82 Å². The molecule has 1 unspecified atom stereocenters. The molecular formula is C33H34N4O2S. The summed E-state index contributed by atoms with van der Waals surface area (Å²) in [4.78, 5) is 4.09. The van der Waals surface area contributed by atoms with Crippen LogP contribution in [0, 0.1) is 0 Å². The van der Waals surface area contributed by atoms with Crippen LogP contribution < -0.4 is 14.8 Å². The summed E-state index contributed by atoms with van der Waals surface area (Å²) < 4.78 is 10.9. The highest BCUT2D eigenvalue weighted by molar-refractivity contribution is 7.10. The fraction of sp³-hybridized carbons (Fsp3) is 0.273. The minimum absolute atomic E-state index is 0.326. The molecule has 3 aromatic carbocycles. The number of methoxy groups -OCH3 is 2. The molecule has 0 bridgehead atoms. The smallest absolute Gasteiger partial charge is 0.156 e. The maximum Gasteiger partial charge on any atom is 0.156 e. The van der Waals surface area contributed by atoms with Crippen LogP contribution in [0.5, 0.6) is 11.5 Å². The van der Waals surface area contributed by atoms with Crippen molar-refractivity contribution in [3.8, 4) is 22.8 Å². The number of hydrogen-bond donors (Lipinski definition) is 1. The molecule has 204 valence electrons. The van der Waals surface area contributed by atoms with Crippen molar-refractivity contribution in [3.63, 3.8) is 0 Å². The normalized spacial score (nSPS) is 15.2. The second-order valence-electron chi connectivity index (χ2n) is 10.2. The number of aromatic nitrogens is 2. The first kappa shape index (κ1) is 26.3. The number of hydrogen-bond acceptors (Lipinski definition) is 7. The molecule has 1 N–H and O–H groups in total. The van der Waals surface area contributed by atoms with E-state index in [4.69, 9.17) is 9.47 Å². The number of piperidine rings is 1. The van der Waals surface area contributed by atoms with Gasteiger partial charge in [-0.25, -0.2) is 0 Å². The Morgan fingerprint density at radius 2 is 1.60 bits per heavy atom. The number of nitrogens with one attached hydrogen (secondary N) is 1. The highest BCUT2D eigenvalue weighted by Gasteiger charge is 2.28. The third-order valence-corrected chi connectivity index (χ3v) is 8.78. The predicted molar refractivity (Wildman–Crippen MR) is 164 cm³/mol. The van der Waals surface area contributed by atoms with E-state index in [1.54, 1.807) is 14.2 Å². The zero-order valence-corrected chi connectivity index (χ0v) is 23.7. The van der Waals surface area contributed by atoms with Crippen molar-refractivity contribution >= 4 is 27.9 Å². The number of ether oxygens (including phenoxy) is 2. The minimum atomic E-state index is 0.326. The molecule has 0 radical (unpaired) electrons. The first-order valence-corrected chi connectivity index (χ1v) is 14.7. The Morgan fingerprint density at radius 1 is 0.850 bits per heavy atom. The zero-order valence-electron chi connectivity index (χ0n) is 22.9. The molecule has 1 atom stereocenters. The van der Waals surface area contributed by atoms with Gasteiger partial charge in [0.05, 0.1) is 14.2 Å². The largest absolute Gasteiger partial charge is 0.497 e. The summed E-state index contributed by atoms with van der Waals surface area (Å²) >= 11 is 1.86. The predicted octanol–water partition coefficient (Wildman–Crippen LogP) is 7.24. The van der Waals surface area contributed by atoms with Crippen molar-refractivity contribution in [2.45, 2.75) is 31.3 Å². The van der Waals surface area contributed by atoms with Crippen LogP contribution in [-0.4, -0.2) is 48.4 Å². The van der Waals surface area contributed by atoms with Gasteiger partial charge in [-0.15, -0.1) is 21.5 Å². The first-order chi connectivity index (χ1) is 19.7. The second kappa shape index (κ2) is 12.1. The van der Waals surface area contributed by atoms with Crippen molar-refractivity contribution in [1.29, 1.82) is 0 Å². The molecule has 1 saturated heterocycles. The van der Waals surface area contributed by atoms with E-state index in [0.29, 0.717) is 12.1 Å². The molecule has 2 aromatic heterocycles. The van der Waals surface area contributed by atoms with Crippen LogP contribution in [0.4, 0.5) is 5.82 Å². The number of likely N-dealkylation sites (tertiary alicyclic amines) is 1. The van der Waals surface area contributed by atoms with Crippen molar-refractivity contribution in [3.05, 3.63) is 101 Å². The SMILES string of the molecule is COc1ccc(-c2nnc(NC3CCN(C(Cc4ccccc4)c4cccs4)CC3)c3cc(OC)ccc23)cc1. The van der Waals surface area contributed by atoms with Crippen LogP contribution in [0.3, 0.4) is 0 Å². The summed E-state index contributed by atoms with van der Waals surface area (Å²) in [5.74, 6) is 2.43. The number of benzene rings is 3. The maximum atomic E-state index is 5.57. The zero-order chi connectivity index (χ0) is 27.3. The second-order valence-corrected chi connectivity index (χ2v) is 11.2.